The number of amides is 3. The Balaban J connectivity index is 1.49. The highest BCUT2D eigenvalue weighted by atomic mass is 35.5. The van der Waals surface area contributed by atoms with Gasteiger partial charge in [0.2, 0.25) is 5.91 Å². The minimum Gasteiger partial charge on any atom is -0.338 e. The maximum atomic E-state index is 13.0. The van der Waals surface area contributed by atoms with Gasteiger partial charge in [0, 0.05) is 57.5 Å². The Kier molecular flexibility index (Phi) is 8.22. The van der Waals surface area contributed by atoms with Crippen molar-refractivity contribution in [3.05, 3.63) is 28.2 Å². The largest absolute Gasteiger partial charge is 0.338 e. The van der Waals surface area contributed by atoms with E-state index >= 15 is 0 Å². The number of rotatable bonds is 5. The Morgan fingerprint density at radius 3 is 2.50 bits per heavy atom. The van der Waals surface area contributed by atoms with E-state index in [1.807, 2.05) is 4.90 Å². The van der Waals surface area contributed by atoms with Crippen LogP contribution in [0.2, 0.25) is 10.0 Å². The average Bonchev–Trinajstić information content (AvgIpc) is 2.76. The molecule has 7 nitrogen and oxygen atoms in total. The molecule has 0 saturated carbocycles. The number of carbonyl (C=O) groups excluding carboxylic acids is 2. The molecule has 2 N–H and O–H groups in total. The van der Waals surface area contributed by atoms with Crippen LogP contribution in [0.3, 0.4) is 0 Å². The Morgan fingerprint density at radius 2 is 1.83 bits per heavy atom. The summed E-state index contributed by atoms with van der Waals surface area (Å²) in [5.41, 5.74) is 0.598. The molecule has 2 atom stereocenters. The molecule has 0 aromatic heterocycles. The van der Waals surface area contributed by atoms with Gasteiger partial charge >= 0.3 is 6.03 Å². The number of halogens is 2. The van der Waals surface area contributed by atoms with Crippen molar-refractivity contribution in [2.24, 2.45) is 0 Å². The van der Waals surface area contributed by atoms with E-state index in [1.54, 1.807) is 23.1 Å². The summed E-state index contributed by atoms with van der Waals surface area (Å²) in [6.07, 6.45) is 2.30. The van der Waals surface area contributed by atoms with Crippen LogP contribution in [-0.4, -0.2) is 84.5 Å². The Morgan fingerprint density at radius 1 is 1.13 bits per heavy atom. The van der Waals surface area contributed by atoms with Crippen molar-refractivity contribution in [2.45, 2.75) is 38.8 Å². The normalized spacial score (nSPS) is 21.4. The van der Waals surface area contributed by atoms with E-state index in [-0.39, 0.29) is 18.0 Å². The fourth-order valence-electron chi connectivity index (χ4n) is 4.07. The number of carbonyl (C=O) groups is 2. The van der Waals surface area contributed by atoms with Gasteiger partial charge in [-0.05, 0) is 31.5 Å². The van der Waals surface area contributed by atoms with Crippen molar-refractivity contribution in [2.75, 3.05) is 51.1 Å². The first kappa shape index (κ1) is 23.1. The zero-order chi connectivity index (χ0) is 21.7. The molecule has 3 rings (SSSR count). The molecule has 3 amide bonds. The van der Waals surface area contributed by atoms with Crippen molar-refractivity contribution in [1.29, 1.82) is 0 Å². The fourth-order valence-corrected chi connectivity index (χ4v) is 4.36. The van der Waals surface area contributed by atoms with Gasteiger partial charge < -0.3 is 20.4 Å². The lowest BCUT2D eigenvalue weighted by atomic mass is 10.1. The molecule has 2 heterocycles. The number of nitrogens with one attached hydrogen (secondary N) is 2. The van der Waals surface area contributed by atoms with Gasteiger partial charge in [-0.3, -0.25) is 9.69 Å². The lowest BCUT2D eigenvalue weighted by Gasteiger charge is -2.40. The molecule has 2 saturated heterocycles. The van der Waals surface area contributed by atoms with Crippen molar-refractivity contribution in [1.82, 2.24) is 20.0 Å². The van der Waals surface area contributed by atoms with Crippen LogP contribution in [0, 0.1) is 0 Å². The number of benzene rings is 1. The second kappa shape index (κ2) is 10.7. The third-order valence-corrected chi connectivity index (χ3v) is 6.62. The number of hydrogen-bond acceptors (Lipinski definition) is 4. The molecule has 0 spiro atoms. The molecule has 0 radical (unpaired) electrons. The molecule has 30 heavy (non-hydrogen) atoms. The smallest absolute Gasteiger partial charge is 0.321 e. The second-order valence-corrected chi connectivity index (χ2v) is 8.83. The molecule has 1 aromatic rings. The number of anilines is 1. The van der Waals surface area contributed by atoms with Crippen molar-refractivity contribution in [3.8, 4) is 0 Å². The number of urea groups is 1. The Labute approximate surface area is 188 Å². The molecule has 2 fully saturated rings. The molecule has 1 unspecified atom stereocenters. The van der Waals surface area contributed by atoms with E-state index in [2.05, 4.69) is 29.4 Å². The SMILES string of the molecule is CCCC(C)N1CCN[C@@H](C(=O)N2CCN(C(=O)Nc3ccc(Cl)c(Cl)c3)CC2)C1. The third-order valence-electron chi connectivity index (χ3n) is 5.88. The summed E-state index contributed by atoms with van der Waals surface area (Å²) < 4.78 is 0. The minimum atomic E-state index is -0.198. The molecule has 0 aliphatic carbocycles. The highest BCUT2D eigenvalue weighted by Crippen LogP contribution is 2.25. The number of nitrogens with zero attached hydrogens (tertiary/aromatic N) is 3. The van der Waals surface area contributed by atoms with Crippen molar-refractivity contribution < 1.29 is 9.59 Å². The summed E-state index contributed by atoms with van der Waals surface area (Å²) in [7, 11) is 0. The van der Waals surface area contributed by atoms with Crippen LogP contribution in [0.15, 0.2) is 18.2 Å². The van der Waals surface area contributed by atoms with Crippen LogP contribution in [0.25, 0.3) is 0 Å². The third kappa shape index (κ3) is 5.78. The van der Waals surface area contributed by atoms with Crippen molar-refractivity contribution >= 4 is 40.8 Å². The molecule has 2 aliphatic rings. The van der Waals surface area contributed by atoms with Gasteiger partial charge in [0.05, 0.1) is 16.1 Å². The molecule has 2 aliphatic heterocycles. The van der Waals surface area contributed by atoms with Crippen LogP contribution >= 0.6 is 23.2 Å². The van der Waals surface area contributed by atoms with E-state index in [9.17, 15) is 9.59 Å². The monoisotopic (exact) mass is 455 g/mol. The summed E-state index contributed by atoms with van der Waals surface area (Å²) in [4.78, 5) is 31.5. The van der Waals surface area contributed by atoms with Crippen LogP contribution in [0.1, 0.15) is 26.7 Å². The zero-order valence-corrected chi connectivity index (χ0v) is 19.2. The predicted molar refractivity (Wildman–Crippen MR) is 121 cm³/mol. The number of piperazine rings is 2. The number of hydrogen-bond donors (Lipinski definition) is 2. The van der Waals surface area contributed by atoms with E-state index in [0.717, 1.165) is 32.5 Å². The van der Waals surface area contributed by atoms with E-state index in [4.69, 9.17) is 23.2 Å². The van der Waals surface area contributed by atoms with Gasteiger partial charge in [0.15, 0.2) is 0 Å². The average molecular weight is 456 g/mol. The highest BCUT2D eigenvalue weighted by Gasteiger charge is 2.32. The first-order valence-corrected chi connectivity index (χ1v) is 11.4. The first-order chi connectivity index (χ1) is 14.4. The van der Waals surface area contributed by atoms with Gasteiger partial charge in [0.25, 0.3) is 0 Å². The summed E-state index contributed by atoms with van der Waals surface area (Å²) in [6, 6.07) is 5.12. The maximum Gasteiger partial charge on any atom is 0.321 e. The predicted octanol–water partition coefficient (Wildman–Crippen LogP) is 3.13. The highest BCUT2D eigenvalue weighted by molar-refractivity contribution is 6.42. The summed E-state index contributed by atoms with van der Waals surface area (Å²) in [5, 5.41) is 7.05. The second-order valence-electron chi connectivity index (χ2n) is 8.01. The van der Waals surface area contributed by atoms with Crippen LogP contribution in [0.4, 0.5) is 10.5 Å². The maximum absolute atomic E-state index is 13.0. The summed E-state index contributed by atoms with van der Waals surface area (Å²) in [5.74, 6) is 0.132. The quantitative estimate of drug-likeness (QED) is 0.715. The molecule has 9 heteroatoms. The Hall–Kier alpha value is -1.54. The standard InChI is InChI=1S/C21H31Cl2N5O2/c1-3-4-15(2)28-8-7-24-19(14-28)20(29)26-9-11-27(12-10-26)21(30)25-16-5-6-17(22)18(23)13-16/h5-6,13,15,19,24H,3-4,7-12,14H2,1-2H3,(H,25,30)/t15?,19-/m1/s1. The van der Waals surface area contributed by atoms with Gasteiger partial charge in [-0.15, -0.1) is 0 Å². The minimum absolute atomic E-state index is 0.132. The van der Waals surface area contributed by atoms with Crippen LogP contribution in [-0.2, 0) is 4.79 Å². The van der Waals surface area contributed by atoms with Gasteiger partial charge in [-0.25, -0.2) is 4.79 Å². The summed E-state index contributed by atoms with van der Waals surface area (Å²) in [6.45, 7) is 9.07. The molecular formula is C21H31Cl2N5O2. The van der Waals surface area contributed by atoms with Gasteiger partial charge in [-0.2, -0.15) is 0 Å². The molecule has 166 valence electrons. The summed E-state index contributed by atoms with van der Waals surface area (Å²) >= 11 is 11.9. The van der Waals surface area contributed by atoms with E-state index in [0.29, 0.717) is 48.0 Å². The van der Waals surface area contributed by atoms with E-state index in [1.165, 1.54) is 0 Å². The first-order valence-electron chi connectivity index (χ1n) is 10.7. The lowest BCUT2D eigenvalue weighted by molar-refractivity contribution is -0.136. The van der Waals surface area contributed by atoms with Crippen LogP contribution < -0.4 is 10.6 Å². The van der Waals surface area contributed by atoms with Crippen LogP contribution in [0.5, 0.6) is 0 Å². The lowest BCUT2D eigenvalue weighted by Crippen LogP contribution is -2.61. The van der Waals surface area contributed by atoms with Gasteiger partial charge in [0.1, 0.15) is 0 Å². The van der Waals surface area contributed by atoms with Crippen molar-refractivity contribution in [3.63, 3.8) is 0 Å². The topological polar surface area (TPSA) is 67.9 Å². The Bertz CT molecular complexity index is 755. The zero-order valence-electron chi connectivity index (χ0n) is 17.7. The van der Waals surface area contributed by atoms with Gasteiger partial charge in [-0.1, -0.05) is 36.5 Å². The molecule has 1 aromatic carbocycles. The fraction of sp³-hybridized carbons (Fsp3) is 0.619. The molecular weight excluding hydrogens is 425 g/mol. The van der Waals surface area contributed by atoms with E-state index < -0.39 is 0 Å². The molecule has 0 bridgehead atoms.